The topological polar surface area (TPSA) is 64.6 Å². The molecule has 0 aromatic heterocycles. The Labute approximate surface area is 128 Å². The van der Waals surface area contributed by atoms with Crippen LogP contribution in [0, 0.1) is 0 Å². The average Bonchev–Trinajstić information content (AvgIpc) is 2.46. The molecule has 0 aliphatic rings. The molecule has 0 saturated heterocycles. The van der Waals surface area contributed by atoms with Crippen LogP contribution in [0.5, 0.6) is 0 Å². The fourth-order valence-corrected chi connectivity index (χ4v) is 1.62. The fourth-order valence-electron chi connectivity index (χ4n) is 1.49. The molecule has 0 amide bonds. The van der Waals surface area contributed by atoms with Crippen LogP contribution in [0.4, 0.5) is 0 Å². The van der Waals surface area contributed by atoms with Crippen molar-refractivity contribution in [3.8, 4) is 0 Å². The molecule has 0 atom stereocenters. The largest absolute Gasteiger partial charge is 0.462 e. The van der Waals surface area contributed by atoms with Gasteiger partial charge in [0.2, 0.25) is 0 Å². The second kappa shape index (κ2) is 9.02. The predicted molar refractivity (Wildman–Crippen MR) is 79.6 cm³/mol. The zero-order valence-corrected chi connectivity index (χ0v) is 12.8. The van der Waals surface area contributed by atoms with Crippen LogP contribution in [0.3, 0.4) is 0 Å². The molecule has 0 unspecified atom stereocenters. The van der Waals surface area contributed by atoms with Gasteiger partial charge < -0.3 is 14.8 Å². The Balaban J connectivity index is 2.71. The third kappa shape index (κ3) is 5.87. The molecule has 1 N–H and O–H groups in total. The van der Waals surface area contributed by atoms with E-state index in [1.165, 1.54) is 6.20 Å². The van der Waals surface area contributed by atoms with E-state index in [9.17, 15) is 9.59 Å². The second-order valence-electron chi connectivity index (χ2n) is 4.01. The fraction of sp³-hybridized carbons (Fsp3) is 0.333. The van der Waals surface area contributed by atoms with Gasteiger partial charge in [0, 0.05) is 17.8 Å². The van der Waals surface area contributed by atoms with Crippen molar-refractivity contribution in [2.45, 2.75) is 20.4 Å². The van der Waals surface area contributed by atoms with E-state index in [1.807, 2.05) is 12.1 Å². The van der Waals surface area contributed by atoms with Gasteiger partial charge in [0.05, 0.1) is 13.2 Å². The highest BCUT2D eigenvalue weighted by Gasteiger charge is 2.20. The first-order chi connectivity index (χ1) is 10.1. The summed E-state index contributed by atoms with van der Waals surface area (Å²) in [5, 5.41) is 3.54. The van der Waals surface area contributed by atoms with E-state index >= 15 is 0 Å². The molecular weight excluding hydrogens is 294 g/mol. The lowest BCUT2D eigenvalue weighted by molar-refractivity contribution is -0.146. The van der Waals surface area contributed by atoms with Crippen molar-refractivity contribution >= 4 is 23.5 Å². The summed E-state index contributed by atoms with van der Waals surface area (Å²) in [6, 6.07) is 7.22. The quantitative estimate of drug-likeness (QED) is 0.363. The van der Waals surface area contributed by atoms with Crippen LogP contribution in [-0.2, 0) is 25.6 Å². The van der Waals surface area contributed by atoms with Crippen LogP contribution in [0.2, 0.25) is 5.02 Å². The summed E-state index contributed by atoms with van der Waals surface area (Å²) in [6.45, 7) is 4.16. The van der Waals surface area contributed by atoms with Gasteiger partial charge in [-0.3, -0.25) is 0 Å². The highest BCUT2D eigenvalue weighted by molar-refractivity contribution is 6.30. The maximum absolute atomic E-state index is 11.7. The zero-order chi connectivity index (χ0) is 15.7. The molecule has 0 spiro atoms. The van der Waals surface area contributed by atoms with Gasteiger partial charge in [-0.2, -0.15) is 0 Å². The van der Waals surface area contributed by atoms with Crippen LogP contribution in [-0.4, -0.2) is 25.2 Å². The van der Waals surface area contributed by atoms with E-state index < -0.39 is 11.9 Å². The lowest BCUT2D eigenvalue weighted by atomic mass is 10.2. The number of hydrogen-bond donors (Lipinski definition) is 1. The molecule has 0 fully saturated rings. The summed E-state index contributed by atoms with van der Waals surface area (Å²) in [7, 11) is 0. The molecule has 0 aliphatic heterocycles. The lowest BCUT2D eigenvalue weighted by Gasteiger charge is -2.07. The highest BCUT2D eigenvalue weighted by Crippen LogP contribution is 2.09. The molecule has 0 bridgehead atoms. The molecule has 0 heterocycles. The predicted octanol–water partition coefficient (Wildman–Crippen LogP) is 2.44. The number of nitrogens with one attached hydrogen (secondary N) is 1. The van der Waals surface area contributed by atoms with Crippen LogP contribution >= 0.6 is 11.6 Å². The number of carbonyl (C=O) groups is 2. The molecule has 114 valence electrons. The maximum atomic E-state index is 11.7. The number of hydrogen-bond acceptors (Lipinski definition) is 5. The van der Waals surface area contributed by atoms with Crippen molar-refractivity contribution in [1.82, 2.24) is 5.32 Å². The van der Waals surface area contributed by atoms with Gasteiger partial charge in [-0.05, 0) is 31.5 Å². The Bertz CT molecular complexity index is 491. The number of ether oxygens (including phenoxy) is 2. The van der Waals surface area contributed by atoms with Gasteiger partial charge in [-0.15, -0.1) is 0 Å². The minimum absolute atomic E-state index is 0.160. The average molecular weight is 312 g/mol. The Morgan fingerprint density at radius 1 is 1.10 bits per heavy atom. The summed E-state index contributed by atoms with van der Waals surface area (Å²) >= 11 is 5.79. The first-order valence-corrected chi connectivity index (χ1v) is 6.98. The van der Waals surface area contributed by atoms with Gasteiger partial charge in [-0.1, -0.05) is 23.7 Å². The molecule has 5 nitrogen and oxygen atoms in total. The van der Waals surface area contributed by atoms with E-state index in [0.717, 1.165) is 5.56 Å². The van der Waals surface area contributed by atoms with Gasteiger partial charge in [0.15, 0.2) is 5.57 Å². The Morgan fingerprint density at radius 2 is 1.62 bits per heavy atom. The number of esters is 2. The van der Waals surface area contributed by atoms with Crippen LogP contribution in [0.25, 0.3) is 0 Å². The van der Waals surface area contributed by atoms with Gasteiger partial charge in [0.1, 0.15) is 0 Å². The molecule has 1 aromatic carbocycles. The van der Waals surface area contributed by atoms with Crippen LogP contribution in [0.15, 0.2) is 36.0 Å². The monoisotopic (exact) mass is 311 g/mol. The van der Waals surface area contributed by atoms with Crippen molar-refractivity contribution in [1.29, 1.82) is 0 Å². The van der Waals surface area contributed by atoms with E-state index in [-0.39, 0.29) is 18.8 Å². The summed E-state index contributed by atoms with van der Waals surface area (Å²) in [5.74, 6) is -1.42. The Kier molecular flexibility index (Phi) is 7.32. The molecule has 1 rings (SSSR count). The zero-order valence-electron chi connectivity index (χ0n) is 12.0. The Morgan fingerprint density at radius 3 is 2.10 bits per heavy atom. The van der Waals surface area contributed by atoms with E-state index in [2.05, 4.69) is 5.32 Å². The molecule has 0 saturated carbocycles. The van der Waals surface area contributed by atoms with Gasteiger partial charge in [0.25, 0.3) is 0 Å². The molecule has 6 heteroatoms. The second-order valence-corrected chi connectivity index (χ2v) is 4.44. The van der Waals surface area contributed by atoms with Crippen molar-refractivity contribution in [2.24, 2.45) is 0 Å². The number of rotatable bonds is 7. The van der Waals surface area contributed by atoms with Crippen molar-refractivity contribution in [3.05, 3.63) is 46.6 Å². The summed E-state index contributed by atoms with van der Waals surface area (Å²) in [5.41, 5.74) is 0.801. The standard InChI is InChI=1S/C15H18ClNO4/c1-3-20-14(18)13(15(19)21-4-2)10-17-9-11-5-7-12(16)8-6-11/h5-8,10,17H,3-4,9H2,1-2H3. The summed E-state index contributed by atoms with van der Waals surface area (Å²) in [4.78, 5) is 23.4. The van der Waals surface area contributed by atoms with E-state index in [0.29, 0.717) is 11.6 Å². The molecular formula is C15H18ClNO4. The lowest BCUT2D eigenvalue weighted by Crippen LogP contribution is -2.21. The minimum Gasteiger partial charge on any atom is -0.462 e. The first-order valence-electron chi connectivity index (χ1n) is 6.60. The third-order valence-electron chi connectivity index (χ3n) is 2.46. The van der Waals surface area contributed by atoms with Crippen molar-refractivity contribution < 1.29 is 19.1 Å². The summed E-state index contributed by atoms with van der Waals surface area (Å²) in [6.07, 6.45) is 1.31. The van der Waals surface area contributed by atoms with Crippen molar-refractivity contribution in [3.63, 3.8) is 0 Å². The Hall–Kier alpha value is -2.01. The van der Waals surface area contributed by atoms with E-state index in [4.69, 9.17) is 21.1 Å². The molecule has 1 aromatic rings. The SMILES string of the molecule is CCOC(=O)C(=CNCc1ccc(Cl)cc1)C(=O)OCC. The number of halogens is 1. The minimum atomic E-state index is -0.709. The first kappa shape index (κ1) is 17.0. The van der Waals surface area contributed by atoms with Crippen molar-refractivity contribution in [2.75, 3.05) is 13.2 Å². The number of carbonyl (C=O) groups excluding carboxylic acids is 2. The smallest absolute Gasteiger partial charge is 0.347 e. The van der Waals surface area contributed by atoms with Gasteiger partial charge in [-0.25, -0.2) is 9.59 Å². The van der Waals surface area contributed by atoms with Crippen LogP contribution < -0.4 is 5.32 Å². The highest BCUT2D eigenvalue weighted by atomic mass is 35.5. The number of benzene rings is 1. The maximum Gasteiger partial charge on any atom is 0.347 e. The van der Waals surface area contributed by atoms with Crippen LogP contribution in [0.1, 0.15) is 19.4 Å². The summed E-state index contributed by atoms with van der Waals surface area (Å²) < 4.78 is 9.65. The molecule has 0 radical (unpaired) electrons. The van der Waals surface area contributed by atoms with Gasteiger partial charge >= 0.3 is 11.9 Å². The third-order valence-corrected chi connectivity index (χ3v) is 2.71. The van der Waals surface area contributed by atoms with E-state index in [1.54, 1.807) is 26.0 Å². The molecule has 21 heavy (non-hydrogen) atoms. The molecule has 0 aliphatic carbocycles. The normalized spacial score (nSPS) is 9.67.